The van der Waals surface area contributed by atoms with E-state index in [0.717, 1.165) is 23.5 Å². The summed E-state index contributed by atoms with van der Waals surface area (Å²) in [5.74, 6) is 1.49. The van der Waals surface area contributed by atoms with Crippen LogP contribution in [0.25, 0.3) is 0 Å². The summed E-state index contributed by atoms with van der Waals surface area (Å²) < 4.78 is 17.2. The Morgan fingerprint density at radius 3 is 2.32 bits per heavy atom. The summed E-state index contributed by atoms with van der Waals surface area (Å²) in [6.07, 6.45) is 1.91. The first-order valence-corrected chi connectivity index (χ1v) is 7.68. The van der Waals surface area contributed by atoms with E-state index in [9.17, 15) is 4.21 Å². The average molecular weight is 274 g/mol. The van der Waals surface area contributed by atoms with Crippen molar-refractivity contribution in [3.8, 4) is 5.75 Å². The van der Waals surface area contributed by atoms with Gasteiger partial charge in [0.25, 0.3) is 0 Å². The van der Waals surface area contributed by atoms with Gasteiger partial charge in [-0.3, -0.25) is 4.21 Å². The lowest BCUT2D eigenvalue weighted by Gasteiger charge is -2.04. The Labute approximate surface area is 116 Å². The maximum atomic E-state index is 12.1. The number of benzene rings is 2. The molecule has 2 nitrogen and oxygen atoms in total. The van der Waals surface area contributed by atoms with Crippen LogP contribution in [-0.2, 0) is 17.2 Å². The highest BCUT2D eigenvalue weighted by Gasteiger charge is 2.04. The zero-order valence-electron chi connectivity index (χ0n) is 11.0. The van der Waals surface area contributed by atoms with Crippen LogP contribution in [0.15, 0.2) is 59.5 Å². The summed E-state index contributed by atoms with van der Waals surface area (Å²) in [7, 11) is 0.708. The van der Waals surface area contributed by atoms with E-state index in [2.05, 4.69) is 12.1 Å². The SMILES string of the molecule is COc1ccc(S(=O)CCCc2ccccc2)cc1. The van der Waals surface area contributed by atoms with Gasteiger partial charge in [-0.1, -0.05) is 30.3 Å². The Hall–Kier alpha value is -1.61. The first kappa shape index (κ1) is 13.8. The lowest BCUT2D eigenvalue weighted by Crippen LogP contribution is -2.00. The molecular weight excluding hydrogens is 256 g/mol. The highest BCUT2D eigenvalue weighted by molar-refractivity contribution is 7.85. The van der Waals surface area contributed by atoms with E-state index in [4.69, 9.17) is 4.74 Å². The van der Waals surface area contributed by atoms with Crippen LogP contribution in [0.4, 0.5) is 0 Å². The number of ether oxygens (including phenoxy) is 1. The van der Waals surface area contributed by atoms with Gasteiger partial charge in [0.1, 0.15) is 5.75 Å². The molecule has 3 heteroatoms. The largest absolute Gasteiger partial charge is 0.497 e. The van der Waals surface area contributed by atoms with Gasteiger partial charge in [-0.25, -0.2) is 0 Å². The molecule has 0 saturated heterocycles. The van der Waals surface area contributed by atoms with Crippen molar-refractivity contribution in [3.63, 3.8) is 0 Å². The van der Waals surface area contributed by atoms with Crippen molar-refractivity contribution in [2.75, 3.05) is 12.9 Å². The van der Waals surface area contributed by atoms with Gasteiger partial charge in [0.15, 0.2) is 0 Å². The first-order chi connectivity index (χ1) is 9.29. The third kappa shape index (κ3) is 4.21. The van der Waals surface area contributed by atoms with Gasteiger partial charge >= 0.3 is 0 Å². The summed E-state index contributed by atoms with van der Waals surface area (Å²) in [4.78, 5) is 0.869. The van der Waals surface area contributed by atoms with Crippen LogP contribution >= 0.6 is 0 Å². The van der Waals surface area contributed by atoms with Crippen molar-refractivity contribution in [1.29, 1.82) is 0 Å². The first-order valence-electron chi connectivity index (χ1n) is 6.36. The lowest BCUT2D eigenvalue weighted by molar-refractivity contribution is 0.414. The summed E-state index contributed by atoms with van der Waals surface area (Å²) in [6, 6.07) is 17.8. The van der Waals surface area contributed by atoms with Gasteiger partial charge in [0.05, 0.1) is 17.9 Å². The van der Waals surface area contributed by atoms with Crippen molar-refractivity contribution in [2.24, 2.45) is 0 Å². The van der Waals surface area contributed by atoms with Gasteiger partial charge in [0, 0.05) is 10.6 Å². The number of rotatable bonds is 6. The normalized spacial score (nSPS) is 12.1. The van der Waals surface area contributed by atoms with Crippen LogP contribution < -0.4 is 4.74 Å². The Kier molecular flexibility index (Phi) is 5.16. The van der Waals surface area contributed by atoms with Gasteiger partial charge in [-0.05, 0) is 42.7 Å². The van der Waals surface area contributed by atoms with Crippen molar-refractivity contribution in [1.82, 2.24) is 0 Å². The van der Waals surface area contributed by atoms with Crippen LogP contribution in [0.1, 0.15) is 12.0 Å². The van der Waals surface area contributed by atoms with Crippen LogP contribution in [0, 0.1) is 0 Å². The highest BCUT2D eigenvalue weighted by atomic mass is 32.2. The molecule has 0 bridgehead atoms. The molecule has 0 aliphatic heterocycles. The van der Waals surface area contributed by atoms with E-state index in [0.29, 0.717) is 5.75 Å². The number of hydrogen-bond acceptors (Lipinski definition) is 2. The fourth-order valence-corrected chi connectivity index (χ4v) is 2.98. The molecule has 0 fully saturated rings. The third-order valence-corrected chi connectivity index (χ3v) is 4.42. The molecule has 0 saturated carbocycles. The second-order valence-electron chi connectivity index (χ2n) is 4.31. The maximum absolute atomic E-state index is 12.1. The molecule has 100 valence electrons. The van der Waals surface area contributed by atoms with Crippen LogP contribution in [0.2, 0.25) is 0 Å². The molecular formula is C16H18O2S. The quantitative estimate of drug-likeness (QED) is 0.806. The number of hydrogen-bond donors (Lipinski definition) is 0. The Morgan fingerprint density at radius 1 is 1.00 bits per heavy atom. The Bertz CT molecular complexity index is 520. The van der Waals surface area contributed by atoms with E-state index in [1.807, 2.05) is 42.5 Å². The molecule has 19 heavy (non-hydrogen) atoms. The molecule has 0 aliphatic carbocycles. The van der Waals surface area contributed by atoms with Crippen molar-refractivity contribution >= 4 is 10.8 Å². The molecule has 0 heterocycles. The zero-order valence-corrected chi connectivity index (χ0v) is 11.9. The fraction of sp³-hybridized carbons (Fsp3) is 0.250. The molecule has 2 aromatic carbocycles. The molecule has 2 rings (SSSR count). The molecule has 1 unspecified atom stereocenters. The molecule has 0 spiro atoms. The van der Waals surface area contributed by atoms with Crippen LogP contribution in [-0.4, -0.2) is 17.1 Å². The molecule has 0 N–H and O–H groups in total. The fourth-order valence-electron chi connectivity index (χ4n) is 1.90. The van der Waals surface area contributed by atoms with E-state index < -0.39 is 10.8 Å². The van der Waals surface area contributed by atoms with E-state index in [1.165, 1.54) is 5.56 Å². The molecule has 0 radical (unpaired) electrons. The topological polar surface area (TPSA) is 26.3 Å². The maximum Gasteiger partial charge on any atom is 0.118 e. The standard InChI is InChI=1S/C16H18O2S/c1-18-15-9-11-16(12-10-15)19(17)13-5-8-14-6-3-2-4-7-14/h2-4,6-7,9-12H,5,8,13H2,1H3. The summed E-state index contributed by atoms with van der Waals surface area (Å²) in [6.45, 7) is 0. The Balaban J connectivity index is 1.84. The van der Waals surface area contributed by atoms with Gasteiger partial charge < -0.3 is 4.74 Å². The summed E-state index contributed by atoms with van der Waals surface area (Å²) in [5, 5.41) is 0. The monoisotopic (exact) mass is 274 g/mol. The Morgan fingerprint density at radius 2 is 1.68 bits per heavy atom. The van der Waals surface area contributed by atoms with E-state index in [-0.39, 0.29) is 0 Å². The van der Waals surface area contributed by atoms with Crippen molar-refractivity contribution in [2.45, 2.75) is 17.7 Å². The molecule has 0 aliphatic rings. The highest BCUT2D eigenvalue weighted by Crippen LogP contribution is 2.15. The van der Waals surface area contributed by atoms with E-state index >= 15 is 0 Å². The zero-order chi connectivity index (χ0) is 13.5. The second-order valence-corrected chi connectivity index (χ2v) is 5.89. The predicted octanol–water partition coefficient (Wildman–Crippen LogP) is 3.44. The summed E-state index contributed by atoms with van der Waals surface area (Å²) >= 11 is 0. The van der Waals surface area contributed by atoms with E-state index in [1.54, 1.807) is 7.11 Å². The average Bonchev–Trinajstić information content (AvgIpc) is 2.48. The summed E-state index contributed by atoms with van der Waals surface area (Å²) in [5.41, 5.74) is 1.30. The number of methoxy groups -OCH3 is 1. The van der Waals surface area contributed by atoms with Gasteiger partial charge in [-0.2, -0.15) is 0 Å². The second kappa shape index (κ2) is 7.10. The molecule has 0 aromatic heterocycles. The van der Waals surface area contributed by atoms with Crippen molar-refractivity contribution < 1.29 is 8.95 Å². The molecule has 1 atom stereocenters. The van der Waals surface area contributed by atoms with Crippen molar-refractivity contribution in [3.05, 3.63) is 60.2 Å². The molecule has 2 aromatic rings. The van der Waals surface area contributed by atoms with Crippen LogP contribution in [0.3, 0.4) is 0 Å². The lowest BCUT2D eigenvalue weighted by atomic mass is 10.1. The third-order valence-electron chi connectivity index (χ3n) is 2.96. The smallest absolute Gasteiger partial charge is 0.118 e. The predicted molar refractivity (Wildman–Crippen MR) is 79.0 cm³/mol. The minimum atomic E-state index is -0.923. The minimum absolute atomic E-state index is 0.696. The molecule has 0 amide bonds. The van der Waals surface area contributed by atoms with Gasteiger partial charge in [0.2, 0.25) is 0 Å². The van der Waals surface area contributed by atoms with Gasteiger partial charge in [-0.15, -0.1) is 0 Å². The minimum Gasteiger partial charge on any atom is -0.497 e. The van der Waals surface area contributed by atoms with Crippen LogP contribution in [0.5, 0.6) is 5.75 Å². The number of aryl methyl sites for hydroxylation is 1.